The Balaban J connectivity index is 2.07. The van der Waals surface area contributed by atoms with Crippen LogP contribution in [0.3, 0.4) is 0 Å². The molecule has 0 aromatic heterocycles. The van der Waals surface area contributed by atoms with E-state index in [0.717, 1.165) is 19.0 Å². The van der Waals surface area contributed by atoms with Gasteiger partial charge in [-0.05, 0) is 19.0 Å². The van der Waals surface area contributed by atoms with Crippen LogP contribution in [-0.2, 0) is 16.0 Å². The third-order valence-corrected chi connectivity index (χ3v) is 2.40. The van der Waals surface area contributed by atoms with Crippen molar-refractivity contribution in [1.82, 2.24) is 5.32 Å². The van der Waals surface area contributed by atoms with Crippen LogP contribution in [0.2, 0.25) is 0 Å². The molecule has 0 spiro atoms. The molecule has 3 nitrogen and oxygen atoms in total. The highest BCUT2D eigenvalue weighted by Crippen LogP contribution is 2.08. The Kier molecular flexibility index (Phi) is 7.48. The lowest BCUT2D eigenvalue weighted by Crippen LogP contribution is -2.17. The lowest BCUT2D eigenvalue weighted by molar-refractivity contribution is 0.0694. The minimum absolute atomic E-state index is 0.393. The van der Waals surface area contributed by atoms with E-state index in [2.05, 4.69) is 5.32 Å². The van der Waals surface area contributed by atoms with Crippen LogP contribution in [0.25, 0.3) is 0 Å². The van der Waals surface area contributed by atoms with Crippen molar-refractivity contribution in [2.24, 2.45) is 0 Å². The third kappa shape index (κ3) is 6.05. The predicted octanol–water partition coefficient (Wildman–Crippen LogP) is 2.11. The summed E-state index contributed by atoms with van der Waals surface area (Å²) in [6.45, 7) is 2.94. The van der Waals surface area contributed by atoms with E-state index in [1.165, 1.54) is 12.1 Å². The van der Waals surface area contributed by atoms with Crippen molar-refractivity contribution in [2.75, 3.05) is 33.5 Å². The maximum absolute atomic E-state index is 13.2. The number of hydrogen-bond acceptors (Lipinski definition) is 3. The van der Waals surface area contributed by atoms with Crippen molar-refractivity contribution in [2.45, 2.75) is 13.0 Å². The molecule has 18 heavy (non-hydrogen) atoms. The van der Waals surface area contributed by atoms with E-state index in [9.17, 15) is 8.78 Å². The summed E-state index contributed by atoms with van der Waals surface area (Å²) in [5.41, 5.74) is 0.469. The van der Waals surface area contributed by atoms with Crippen LogP contribution < -0.4 is 5.32 Å². The molecular weight excluding hydrogens is 240 g/mol. The van der Waals surface area contributed by atoms with Crippen LogP contribution in [0.4, 0.5) is 8.78 Å². The highest BCUT2D eigenvalue weighted by atomic mass is 19.1. The molecule has 0 bridgehead atoms. The number of nitrogens with one attached hydrogen (secondary N) is 1. The van der Waals surface area contributed by atoms with E-state index >= 15 is 0 Å². The standard InChI is InChI=1S/C13H19F2NO2/c1-17-7-8-18-6-2-5-16-10-11-3-4-12(14)9-13(11)15/h3-4,9,16H,2,5-8,10H2,1H3. The van der Waals surface area contributed by atoms with Crippen LogP contribution in [0.5, 0.6) is 0 Å². The first kappa shape index (κ1) is 15.0. The molecule has 1 rings (SSSR count). The summed E-state index contributed by atoms with van der Waals surface area (Å²) in [7, 11) is 1.63. The quantitative estimate of drug-likeness (QED) is 0.689. The first-order valence-electron chi connectivity index (χ1n) is 5.95. The van der Waals surface area contributed by atoms with Gasteiger partial charge in [0.25, 0.3) is 0 Å². The van der Waals surface area contributed by atoms with Crippen molar-refractivity contribution in [3.63, 3.8) is 0 Å². The molecule has 1 aromatic carbocycles. The minimum atomic E-state index is -0.553. The Morgan fingerprint density at radius 2 is 2.00 bits per heavy atom. The molecule has 102 valence electrons. The van der Waals surface area contributed by atoms with E-state index in [1.807, 2.05) is 0 Å². The predicted molar refractivity (Wildman–Crippen MR) is 65.4 cm³/mol. The second-order valence-corrected chi connectivity index (χ2v) is 3.87. The number of rotatable bonds is 9. The number of hydrogen-bond donors (Lipinski definition) is 1. The highest BCUT2D eigenvalue weighted by molar-refractivity contribution is 5.18. The molecule has 0 saturated carbocycles. The topological polar surface area (TPSA) is 30.5 Å². The summed E-state index contributed by atoms with van der Waals surface area (Å²) in [5, 5.41) is 3.08. The maximum atomic E-state index is 13.2. The van der Waals surface area contributed by atoms with Gasteiger partial charge >= 0.3 is 0 Å². The van der Waals surface area contributed by atoms with E-state index < -0.39 is 11.6 Å². The van der Waals surface area contributed by atoms with Crippen molar-refractivity contribution in [3.8, 4) is 0 Å². The van der Waals surface area contributed by atoms with Gasteiger partial charge in [0.15, 0.2) is 0 Å². The zero-order chi connectivity index (χ0) is 13.2. The molecule has 5 heteroatoms. The highest BCUT2D eigenvalue weighted by Gasteiger charge is 2.02. The van der Waals surface area contributed by atoms with Gasteiger partial charge in [-0.15, -0.1) is 0 Å². The molecule has 0 atom stereocenters. The van der Waals surface area contributed by atoms with Crippen LogP contribution in [0.1, 0.15) is 12.0 Å². The minimum Gasteiger partial charge on any atom is -0.382 e. The second-order valence-electron chi connectivity index (χ2n) is 3.87. The van der Waals surface area contributed by atoms with Gasteiger partial charge in [0.1, 0.15) is 11.6 Å². The number of benzene rings is 1. The average molecular weight is 259 g/mol. The van der Waals surface area contributed by atoms with Crippen molar-refractivity contribution < 1.29 is 18.3 Å². The van der Waals surface area contributed by atoms with Crippen molar-refractivity contribution in [3.05, 3.63) is 35.4 Å². The van der Waals surface area contributed by atoms with Gasteiger partial charge in [-0.2, -0.15) is 0 Å². The first-order chi connectivity index (χ1) is 8.74. The zero-order valence-electron chi connectivity index (χ0n) is 10.5. The largest absolute Gasteiger partial charge is 0.382 e. The summed E-state index contributed by atoms with van der Waals surface area (Å²) in [6, 6.07) is 3.60. The lowest BCUT2D eigenvalue weighted by Gasteiger charge is -2.06. The van der Waals surface area contributed by atoms with Gasteiger partial charge in [0, 0.05) is 31.9 Å². The molecule has 0 unspecified atom stereocenters. The fourth-order valence-electron chi connectivity index (χ4n) is 1.43. The summed E-state index contributed by atoms with van der Waals surface area (Å²) < 4.78 is 36.0. The van der Waals surface area contributed by atoms with E-state index in [-0.39, 0.29) is 0 Å². The van der Waals surface area contributed by atoms with Crippen molar-refractivity contribution >= 4 is 0 Å². The molecule has 0 radical (unpaired) electrons. The van der Waals surface area contributed by atoms with Crippen LogP contribution in [0, 0.1) is 11.6 Å². The molecule has 0 fully saturated rings. The smallest absolute Gasteiger partial charge is 0.130 e. The Labute approximate surface area is 106 Å². The van der Waals surface area contributed by atoms with Gasteiger partial charge in [-0.3, -0.25) is 0 Å². The second kappa shape index (κ2) is 8.97. The Morgan fingerprint density at radius 1 is 1.17 bits per heavy atom. The normalized spacial score (nSPS) is 10.8. The molecule has 0 aliphatic heterocycles. The van der Waals surface area contributed by atoms with E-state index in [1.54, 1.807) is 7.11 Å². The summed E-state index contributed by atoms with van der Waals surface area (Å²) >= 11 is 0. The number of ether oxygens (including phenoxy) is 2. The Morgan fingerprint density at radius 3 is 2.72 bits per heavy atom. The maximum Gasteiger partial charge on any atom is 0.130 e. The molecule has 0 aliphatic carbocycles. The summed E-state index contributed by atoms with van der Waals surface area (Å²) in [6.07, 6.45) is 0.840. The molecule has 1 N–H and O–H groups in total. The fraction of sp³-hybridized carbons (Fsp3) is 0.538. The van der Waals surface area contributed by atoms with Gasteiger partial charge in [-0.25, -0.2) is 8.78 Å². The molecule has 1 aromatic rings. The van der Waals surface area contributed by atoms with Crippen LogP contribution in [0.15, 0.2) is 18.2 Å². The van der Waals surface area contributed by atoms with Crippen LogP contribution >= 0.6 is 0 Å². The molecular formula is C13H19F2NO2. The van der Waals surface area contributed by atoms with Crippen molar-refractivity contribution in [1.29, 1.82) is 0 Å². The van der Waals surface area contributed by atoms with Crippen LogP contribution in [-0.4, -0.2) is 33.5 Å². The Hall–Kier alpha value is -1.04. The third-order valence-electron chi connectivity index (χ3n) is 2.40. The SMILES string of the molecule is COCCOCCCNCc1ccc(F)cc1F. The summed E-state index contributed by atoms with van der Waals surface area (Å²) in [5.74, 6) is -1.07. The number of halogens is 2. The monoisotopic (exact) mass is 259 g/mol. The van der Waals surface area contributed by atoms with Gasteiger partial charge in [-0.1, -0.05) is 6.07 Å². The molecule has 0 aliphatic rings. The van der Waals surface area contributed by atoms with Gasteiger partial charge < -0.3 is 14.8 Å². The molecule has 0 amide bonds. The fourth-order valence-corrected chi connectivity index (χ4v) is 1.43. The van der Waals surface area contributed by atoms with E-state index in [4.69, 9.17) is 9.47 Å². The van der Waals surface area contributed by atoms with Gasteiger partial charge in [0.05, 0.1) is 13.2 Å². The summed E-state index contributed by atoms with van der Waals surface area (Å²) in [4.78, 5) is 0. The van der Waals surface area contributed by atoms with E-state index in [0.29, 0.717) is 31.9 Å². The molecule has 0 saturated heterocycles. The van der Waals surface area contributed by atoms with Gasteiger partial charge in [0.2, 0.25) is 0 Å². The zero-order valence-corrected chi connectivity index (χ0v) is 10.5. The Bertz CT molecular complexity index is 348. The average Bonchev–Trinajstić information content (AvgIpc) is 2.35. The lowest BCUT2D eigenvalue weighted by atomic mass is 10.2. The number of methoxy groups -OCH3 is 1. The first-order valence-corrected chi connectivity index (χ1v) is 5.95. The molecule has 0 heterocycles.